The lowest BCUT2D eigenvalue weighted by Gasteiger charge is -2.02. The van der Waals surface area contributed by atoms with Gasteiger partial charge in [-0.1, -0.05) is 0 Å². The number of halogens is 1. The Kier molecular flexibility index (Phi) is 4.97. The lowest BCUT2D eigenvalue weighted by molar-refractivity contribution is -0.116. The van der Waals surface area contributed by atoms with Crippen LogP contribution < -0.4 is 5.32 Å². The van der Waals surface area contributed by atoms with Crippen molar-refractivity contribution in [2.75, 3.05) is 6.54 Å². The molecule has 100 valence electrons. The molecular weight excluding hydrogens is 310 g/mol. The Morgan fingerprint density at radius 1 is 1.58 bits per heavy atom. The third-order valence-electron chi connectivity index (χ3n) is 2.41. The maximum Gasteiger partial charge on any atom is 0.244 e. The quantitative estimate of drug-likeness (QED) is 0.656. The minimum absolute atomic E-state index is 0.127. The maximum atomic E-state index is 11.5. The molecule has 2 aromatic heterocycles. The van der Waals surface area contributed by atoms with E-state index in [1.54, 1.807) is 30.7 Å². The molecule has 2 rings (SSSR count). The summed E-state index contributed by atoms with van der Waals surface area (Å²) in [7, 11) is 0. The normalized spacial score (nSPS) is 11.0. The SMILES string of the molecule is O=C(C=Cc1ccco1)NCCCn1cc(Br)cn1. The predicted octanol–water partition coefficient (Wildman–Crippen LogP) is 2.46. The fraction of sp³-hybridized carbons (Fsp3) is 0.231. The minimum atomic E-state index is -0.127. The Balaban J connectivity index is 1.64. The lowest BCUT2D eigenvalue weighted by atomic mass is 10.3. The first-order chi connectivity index (χ1) is 9.24. The Morgan fingerprint density at radius 2 is 2.47 bits per heavy atom. The van der Waals surface area contributed by atoms with E-state index >= 15 is 0 Å². The van der Waals surface area contributed by atoms with Crippen LogP contribution in [0.1, 0.15) is 12.2 Å². The smallest absolute Gasteiger partial charge is 0.244 e. The predicted molar refractivity (Wildman–Crippen MR) is 75.3 cm³/mol. The van der Waals surface area contributed by atoms with Gasteiger partial charge in [-0.3, -0.25) is 9.48 Å². The van der Waals surface area contributed by atoms with Gasteiger partial charge in [-0.2, -0.15) is 5.10 Å². The highest BCUT2D eigenvalue weighted by Gasteiger charge is 1.97. The number of rotatable bonds is 6. The highest BCUT2D eigenvalue weighted by Crippen LogP contribution is 2.06. The maximum absolute atomic E-state index is 11.5. The molecule has 1 amide bonds. The number of carbonyl (C=O) groups excluding carboxylic acids is 1. The van der Waals surface area contributed by atoms with Gasteiger partial charge in [0, 0.05) is 25.4 Å². The second-order valence-corrected chi connectivity index (χ2v) is 4.83. The summed E-state index contributed by atoms with van der Waals surface area (Å²) < 4.78 is 7.87. The summed E-state index contributed by atoms with van der Waals surface area (Å²) in [5.74, 6) is 0.537. The van der Waals surface area contributed by atoms with E-state index in [9.17, 15) is 4.79 Å². The fourth-order valence-corrected chi connectivity index (χ4v) is 1.84. The molecule has 0 atom stereocenters. The molecule has 5 nitrogen and oxygen atoms in total. The number of furan rings is 1. The van der Waals surface area contributed by atoms with Crippen LogP contribution in [0.2, 0.25) is 0 Å². The molecule has 0 aliphatic rings. The Labute approximate surface area is 119 Å². The molecule has 0 aromatic carbocycles. The fourth-order valence-electron chi connectivity index (χ4n) is 1.52. The van der Waals surface area contributed by atoms with Gasteiger partial charge >= 0.3 is 0 Å². The van der Waals surface area contributed by atoms with Gasteiger partial charge in [-0.25, -0.2) is 0 Å². The molecular formula is C13H14BrN3O2. The van der Waals surface area contributed by atoms with Gasteiger partial charge in [0.1, 0.15) is 5.76 Å². The number of aromatic nitrogens is 2. The standard InChI is InChI=1S/C13H14BrN3O2/c14-11-9-16-17(10-11)7-2-6-15-13(18)5-4-12-3-1-8-19-12/h1,3-5,8-10H,2,6-7H2,(H,15,18). The number of hydrogen-bond acceptors (Lipinski definition) is 3. The zero-order chi connectivity index (χ0) is 13.5. The molecule has 0 unspecified atom stereocenters. The third kappa shape index (κ3) is 4.75. The Hall–Kier alpha value is -1.82. The molecule has 6 heteroatoms. The van der Waals surface area contributed by atoms with Crippen molar-refractivity contribution in [2.45, 2.75) is 13.0 Å². The van der Waals surface area contributed by atoms with Crippen molar-refractivity contribution in [1.29, 1.82) is 0 Å². The largest absolute Gasteiger partial charge is 0.465 e. The van der Waals surface area contributed by atoms with E-state index in [2.05, 4.69) is 26.3 Å². The first-order valence-corrected chi connectivity index (χ1v) is 6.71. The summed E-state index contributed by atoms with van der Waals surface area (Å²) >= 11 is 3.33. The summed E-state index contributed by atoms with van der Waals surface area (Å²) in [4.78, 5) is 11.5. The van der Waals surface area contributed by atoms with Crippen molar-refractivity contribution in [1.82, 2.24) is 15.1 Å². The zero-order valence-electron chi connectivity index (χ0n) is 10.3. The van der Waals surface area contributed by atoms with Crippen molar-refractivity contribution in [3.05, 3.63) is 47.1 Å². The molecule has 0 fully saturated rings. The van der Waals surface area contributed by atoms with Crippen LogP contribution in [0.25, 0.3) is 6.08 Å². The molecule has 2 aromatic rings. The number of nitrogens with one attached hydrogen (secondary N) is 1. The molecule has 0 aliphatic carbocycles. The van der Waals surface area contributed by atoms with Gasteiger partial charge < -0.3 is 9.73 Å². The topological polar surface area (TPSA) is 60.1 Å². The summed E-state index contributed by atoms with van der Waals surface area (Å²) in [5.41, 5.74) is 0. The molecule has 0 saturated carbocycles. The van der Waals surface area contributed by atoms with E-state index in [0.717, 1.165) is 17.4 Å². The van der Waals surface area contributed by atoms with E-state index in [1.165, 1.54) is 6.08 Å². The van der Waals surface area contributed by atoms with Crippen LogP contribution in [-0.2, 0) is 11.3 Å². The van der Waals surface area contributed by atoms with E-state index < -0.39 is 0 Å². The number of amides is 1. The number of hydrogen-bond donors (Lipinski definition) is 1. The van der Waals surface area contributed by atoms with Crippen LogP contribution in [0.15, 0.2) is 45.8 Å². The van der Waals surface area contributed by atoms with Crippen molar-refractivity contribution in [3.63, 3.8) is 0 Å². The molecule has 0 radical (unpaired) electrons. The average molecular weight is 324 g/mol. The lowest BCUT2D eigenvalue weighted by Crippen LogP contribution is -2.23. The number of carbonyl (C=O) groups is 1. The summed E-state index contributed by atoms with van der Waals surface area (Å²) in [6.07, 6.45) is 9.14. The van der Waals surface area contributed by atoms with Crippen LogP contribution in [-0.4, -0.2) is 22.2 Å². The second kappa shape index (κ2) is 6.94. The van der Waals surface area contributed by atoms with Crippen molar-refractivity contribution >= 4 is 27.9 Å². The van der Waals surface area contributed by atoms with E-state index in [-0.39, 0.29) is 5.91 Å². The van der Waals surface area contributed by atoms with Crippen molar-refractivity contribution < 1.29 is 9.21 Å². The molecule has 1 N–H and O–H groups in total. The second-order valence-electron chi connectivity index (χ2n) is 3.91. The Bertz CT molecular complexity index is 546. The summed E-state index contributed by atoms with van der Waals surface area (Å²) in [6.45, 7) is 1.38. The highest BCUT2D eigenvalue weighted by atomic mass is 79.9. The van der Waals surface area contributed by atoms with Gasteiger partial charge in [-0.15, -0.1) is 0 Å². The monoisotopic (exact) mass is 323 g/mol. The van der Waals surface area contributed by atoms with Gasteiger partial charge in [0.25, 0.3) is 0 Å². The van der Waals surface area contributed by atoms with Crippen LogP contribution in [0.5, 0.6) is 0 Å². The molecule has 0 aliphatic heterocycles. The van der Waals surface area contributed by atoms with Crippen molar-refractivity contribution in [2.24, 2.45) is 0 Å². The first-order valence-electron chi connectivity index (χ1n) is 5.91. The highest BCUT2D eigenvalue weighted by molar-refractivity contribution is 9.10. The molecule has 19 heavy (non-hydrogen) atoms. The van der Waals surface area contributed by atoms with Gasteiger partial charge in [0.2, 0.25) is 5.91 Å². The van der Waals surface area contributed by atoms with Crippen LogP contribution in [0.3, 0.4) is 0 Å². The summed E-state index contributed by atoms with van der Waals surface area (Å²) in [5, 5.41) is 6.94. The Morgan fingerprint density at radius 3 is 3.16 bits per heavy atom. The third-order valence-corrected chi connectivity index (χ3v) is 2.82. The molecule has 0 saturated heterocycles. The first kappa shape index (κ1) is 13.6. The van der Waals surface area contributed by atoms with E-state index in [4.69, 9.17) is 4.42 Å². The van der Waals surface area contributed by atoms with Gasteiger partial charge in [-0.05, 0) is 40.6 Å². The average Bonchev–Trinajstić information content (AvgIpc) is 3.04. The van der Waals surface area contributed by atoms with E-state index in [0.29, 0.717) is 12.3 Å². The number of nitrogens with zero attached hydrogens (tertiary/aromatic N) is 2. The van der Waals surface area contributed by atoms with Gasteiger partial charge in [0.05, 0.1) is 16.9 Å². The number of aryl methyl sites for hydroxylation is 1. The van der Waals surface area contributed by atoms with Crippen LogP contribution in [0.4, 0.5) is 0 Å². The molecule has 0 bridgehead atoms. The zero-order valence-corrected chi connectivity index (χ0v) is 11.8. The van der Waals surface area contributed by atoms with Crippen LogP contribution >= 0.6 is 15.9 Å². The van der Waals surface area contributed by atoms with Gasteiger partial charge in [0.15, 0.2) is 0 Å². The van der Waals surface area contributed by atoms with Crippen LogP contribution in [0, 0.1) is 0 Å². The summed E-state index contributed by atoms with van der Waals surface area (Å²) in [6, 6.07) is 3.57. The molecule has 0 spiro atoms. The van der Waals surface area contributed by atoms with Crippen molar-refractivity contribution in [3.8, 4) is 0 Å². The molecule has 2 heterocycles. The minimum Gasteiger partial charge on any atom is -0.465 e. The van der Waals surface area contributed by atoms with E-state index in [1.807, 2.05) is 10.9 Å².